The number of carbonyl (C=O) groups is 1. The van der Waals surface area contributed by atoms with Crippen LogP contribution in [0.5, 0.6) is 0 Å². The van der Waals surface area contributed by atoms with Crippen molar-refractivity contribution in [3.8, 4) is 0 Å². The number of nitrogens with two attached hydrogens (primary N) is 1. The Morgan fingerprint density at radius 1 is 1.80 bits per heavy atom. The topological polar surface area (TPSA) is 83.5 Å². The summed E-state index contributed by atoms with van der Waals surface area (Å²) in [7, 11) is 0. The van der Waals surface area contributed by atoms with Gasteiger partial charge in [0, 0.05) is 0 Å². The molecule has 10 heavy (non-hydrogen) atoms. The van der Waals surface area contributed by atoms with Crippen LogP contribution in [0.25, 0.3) is 0 Å². The molecule has 0 aromatic carbocycles. The molecule has 4 heteroatoms. The zero-order chi connectivity index (χ0) is 8.15. The molecule has 0 aliphatic carbocycles. The van der Waals surface area contributed by atoms with Crippen LogP contribution in [0, 0.1) is 0 Å². The first kappa shape index (κ1) is 9.13. The van der Waals surface area contributed by atoms with Crippen molar-refractivity contribution in [3.05, 3.63) is 12.7 Å². The van der Waals surface area contributed by atoms with Crippen LogP contribution in [-0.4, -0.2) is 28.3 Å². The molecule has 0 bridgehead atoms. The average Bonchev–Trinajstić information content (AvgIpc) is 1.87. The second-order valence-electron chi connectivity index (χ2n) is 1.96. The fraction of sp³-hybridized carbons (Fsp3) is 0.500. The standard InChI is InChI=1S/C6H11NO3/c1-2-3-4(8)5(7)6(9)10/h2,4-5,8H,1,3,7H2,(H,9,10). The van der Waals surface area contributed by atoms with E-state index < -0.39 is 18.1 Å². The van der Waals surface area contributed by atoms with Gasteiger partial charge in [0.2, 0.25) is 0 Å². The first-order valence-corrected chi connectivity index (χ1v) is 2.87. The minimum absolute atomic E-state index is 0.202. The van der Waals surface area contributed by atoms with Crippen LogP contribution >= 0.6 is 0 Å². The minimum Gasteiger partial charge on any atom is -0.480 e. The summed E-state index contributed by atoms with van der Waals surface area (Å²) in [5.41, 5.74) is 5.05. The smallest absolute Gasteiger partial charge is 0.323 e. The van der Waals surface area contributed by atoms with Crippen molar-refractivity contribution >= 4 is 5.97 Å². The molecule has 0 aliphatic heterocycles. The van der Waals surface area contributed by atoms with Gasteiger partial charge < -0.3 is 15.9 Å². The molecule has 0 aliphatic rings. The molecule has 0 heterocycles. The summed E-state index contributed by atoms with van der Waals surface area (Å²) in [5.74, 6) is -1.20. The number of aliphatic carboxylic acids is 1. The molecule has 4 N–H and O–H groups in total. The van der Waals surface area contributed by atoms with Gasteiger partial charge in [-0.25, -0.2) is 0 Å². The van der Waals surface area contributed by atoms with Gasteiger partial charge in [0.25, 0.3) is 0 Å². The van der Waals surface area contributed by atoms with E-state index in [0.717, 1.165) is 0 Å². The number of hydrogen-bond acceptors (Lipinski definition) is 3. The van der Waals surface area contributed by atoms with Crippen molar-refractivity contribution in [2.45, 2.75) is 18.6 Å². The zero-order valence-corrected chi connectivity index (χ0v) is 5.53. The van der Waals surface area contributed by atoms with E-state index in [1.807, 2.05) is 0 Å². The maximum atomic E-state index is 10.1. The first-order valence-electron chi connectivity index (χ1n) is 2.87. The largest absolute Gasteiger partial charge is 0.480 e. The minimum atomic E-state index is -1.21. The van der Waals surface area contributed by atoms with E-state index in [0.29, 0.717) is 0 Å². The second-order valence-corrected chi connectivity index (χ2v) is 1.96. The van der Waals surface area contributed by atoms with E-state index in [-0.39, 0.29) is 6.42 Å². The van der Waals surface area contributed by atoms with Crippen molar-refractivity contribution in [1.29, 1.82) is 0 Å². The number of aliphatic hydroxyl groups is 1. The van der Waals surface area contributed by atoms with E-state index in [2.05, 4.69) is 6.58 Å². The molecule has 58 valence electrons. The quantitative estimate of drug-likeness (QED) is 0.458. The average molecular weight is 145 g/mol. The number of carboxylic acids is 1. The highest BCUT2D eigenvalue weighted by atomic mass is 16.4. The predicted octanol–water partition coefficient (Wildman–Crippen LogP) is -0.665. The highest BCUT2D eigenvalue weighted by molar-refractivity contribution is 5.73. The number of carboxylic acid groups (broad SMARTS) is 1. The third-order valence-corrected chi connectivity index (χ3v) is 1.11. The van der Waals surface area contributed by atoms with Crippen LogP contribution in [-0.2, 0) is 4.79 Å². The van der Waals surface area contributed by atoms with Gasteiger partial charge in [-0.05, 0) is 6.42 Å². The van der Waals surface area contributed by atoms with E-state index in [1.165, 1.54) is 6.08 Å². The molecule has 0 saturated heterocycles. The number of rotatable bonds is 4. The van der Waals surface area contributed by atoms with Gasteiger partial charge in [0.05, 0.1) is 6.10 Å². The fourth-order valence-corrected chi connectivity index (χ4v) is 0.482. The van der Waals surface area contributed by atoms with Crippen molar-refractivity contribution in [2.75, 3.05) is 0 Å². The van der Waals surface area contributed by atoms with Gasteiger partial charge >= 0.3 is 5.97 Å². The molecule has 4 nitrogen and oxygen atoms in total. The SMILES string of the molecule is C=CCC(O)C(N)C(=O)O. The van der Waals surface area contributed by atoms with Crippen molar-refractivity contribution < 1.29 is 15.0 Å². The molecule has 0 radical (unpaired) electrons. The molecule has 0 fully saturated rings. The normalized spacial score (nSPS) is 15.8. The summed E-state index contributed by atoms with van der Waals surface area (Å²) < 4.78 is 0. The molecule has 0 rings (SSSR count). The summed E-state index contributed by atoms with van der Waals surface area (Å²) in [6, 6.07) is -1.21. The van der Waals surface area contributed by atoms with Crippen molar-refractivity contribution in [2.24, 2.45) is 5.73 Å². The third kappa shape index (κ3) is 2.61. The van der Waals surface area contributed by atoms with E-state index >= 15 is 0 Å². The molecule has 2 atom stereocenters. The summed E-state index contributed by atoms with van der Waals surface area (Å²) in [4.78, 5) is 10.1. The Balaban J connectivity index is 3.80. The fourth-order valence-electron chi connectivity index (χ4n) is 0.482. The van der Waals surface area contributed by atoms with Gasteiger partial charge in [-0.15, -0.1) is 6.58 Å². The number of hydrogen-bond donors (Lipinski definition) is 3. The van der Waals surface area contributed by atoms with Crippen LogP contribution in [0.15, 0.2) is 12.7 Å². The molecule has 0 aromatic rings. The Kier molecular flexibility index (Phi) is 3.68. The van der Waals surface area contributed by atoms with Crippen molar-refractivity contribution in [1.82, 2.24) is 0 Å². The zero-order valence-electron chi connectivity index (χ0n) is 5.53. The Labute approximate surface area is 59.0 Å². The van der Waals surface area contributed by atoms with E-state index in [9.17, 15) is 4.79 Å². The first-order chi connectivity index (χ1) is 4.59. The summed E-state index contributed by atoms with van der Waals surface area (Å²) in [6.07, 6.45) is 0.594. The van der Waals surface area contributed by atoms with Gasteiger partial charge in [-0.1, -0.05) is 6.08 Å². The molecule has 0 amide bonds. The molecular weight excluding hydrogens is 134 g/mol. The van der Waals surface area contributed by atoms with Gasteiger partial charge in [0.15, 0.2) is 0 Å². The molecule has 0 spiro atoms. The van der Waals surface area contributed by atoms with E-state index in [4.69, 9.17) is 15.9 Å². The van der Waals surface area contributed by atoms with Crippen LogP contribution in [0.1, 0.15) is 6.42 Å². The summed E-state index contributed by atoms with van der Waals surface area (Å²) in [5, 5.41) is 17.2. The number of aliphatic hydroxyl groups excluding tert-OH is 1. The molecule has 0 aromatic heterocycles. The van der Waals surface area contributed by atoms with Crippen LogP contribution in [0.3, 0.4) is 0 Å². The van der Waals surface area contributed by atoms with Crippen LogP contribution < -0.4 is 5.73 Å². The molecular formula is C6H11NO3. The lowest BCUT2D eigenvalue weighted by atomic mass is 10.1. The van der Waals surface area contributed by atoms with Gasteiger partial charge in [-0.2, -0.15) is 0 Å². The van der Waals surface area contributed by atoms with Crippen molar-refractivity contribution in [3.63, 3.8) is 0 Å². The lowest BCUT2D eigenvalue weighted by Gasteiger charge is -2.11. The molecule has 2 unspecified atom stereocenters. The summed E-state index contributed by atoms with van der Waals surface area (Å²) >= 11 is 0. The molecule has 0 saturated carbocycles. The Hall–Kier alpha value is -0.870. The maximum absolute atomic E-state index is 10.1. The van der Waals surface area contributed by atoms with Crippen LogP contribution in [0.4, 0.5) is 0 Å². The lowest BCUT2D eigenvalue weighted by Crippen LogP contribution is -2.41. The highest BCUT2D eigenvalue weighted by Gasteiger charge is 2.19. The third-order valence-electron chi connectivity index (χ3n) is 1.11. The maximum Gasteiger partial charge on any atom is 0.323 e. The lowest BCUT2D eigenvalue weighted by molar-refractivity contribution is -0.141. The Morgan fingerprint density at radius 2 is 2.30 bits per heavy atom. The summed E-state index contributed by atoms with van der Waals surface area (Å²) in [6.45, 7) is 3.33. The Bertz CT molecular complexity index is 135. The van der Waals surface area contributed by atoms with Crippen LogP contribution in [0.2, 0.25) is 0 Å². The predicted molar refractivity (Wildman–Crippen MR) is 36.4 cm³/mol. The monoisotopic (exact) mass is 145 g/mol. The van der Waals surface area contributed by atoms with E-state index in [1.54, 1.807) is 0 Å². The Morgan fingerprint density at radius 3 is 2.60 bits per heavy atom. The van der Waals surface area contributed by atoms with Gasteiger partial charge in [0.1, 0.15) is 6.04 Å². The van der Waals surface area contributed by atoms with Gasteiger partial charge in [-0.3, -0.25) is 4.79 Å². The second kappa shape index (κ2) is 4.03. The highest BCUT2D eigenvalue weighted by Crippen LogP contribution is 1.96.